The molecule has 0 saturated heterocycles. The quantitative estimate of drug-likeness (QED) is 0.568. The van der Waals surface area contributed by atoms with Crippen molar-refractivity contribution >= 4 is 49.1 Å². The van der Waals surface area contributed by atoms with Gasteiger partial charge < -0.3 is 0 Å². The Hall–Kier alpha value is 1.14. The minimum absolute atomic E-state index is 0.0386. The summed E-state index contributed by atoms with van der Waals surface area (Å²) >= 11 is 15.6. The summed E-state index contributed by atoms with van der Waals surface area (Å²) in [6.07, 6.45) is 1.16. The predicted molar refractivity (Wildman–Crippen MR) is 51.7 cm³/mol. The van der Waals surface area contributed by atoms with Crippen molar-refractivity contribution in [1.82, 2.24) is 0 Å². The lowest BCUT2D eigenvalue weighted by molar-refractivity contribution is 0.345. The Labute approximate surface area is 80.7 Å². The van der Waals surface area contributed by atoms with Crippen LogP contribution in [0.5, 0.6) is 0 Å². The van der Waals surface area contributed by atoms with E-state index in [1.807, 2.05) is 0 Å². The second-order valence-electron chi connectivity index (χ2n) is 1.82. The van der Waals surface area contributed by atoms with Crippen molar-refractivity contribution in [2.75, 3.05) is 19.0 Å². The smallest absolute Gasteiger partial charge is 0.264 e. The van der Waals surface area contributed by atoms with E-state index >= 15 is 0 Å². The average molecular weight is 257 g/mol. The molecule has 0 unspecified atom stereocenters. The fraction of sp³-hybridized carbons (Fsp3) is 1.00. The zero-order valence-corrected chi connectivity index (χ0v) is 9.70. The van der Waals surface area contributed by atoms with E-state index in [1.165, 1.54) is 0 Å². The molecule has 0 N–H and O–H groups in total. The maximum atomic E-state index is 10.4. The highest BCUT2D eigenvalue weighted by atomic mass is 35.9. The molecule has 0 fully saturated rings. The summed E-state index contributed by atoms with van der Waals surface area (Å²) in [5.41, 5.74) is 0. The Balaban J connectivity index is 3.70. The van der Waals surface area contributed by atoms with Crippen LogP contribution < -0.4 is 0 Å². The molecule has 68 valence electrons. The van der Waals surface area contributed by atoms with E-state index in [0.717, 1.165) is 6.26 Å². The summed E-state index contributed by atoms with van der Waals surface area (Å²) < 4.78 is 22.8. The minimum Gasteiger partial charge on any atom is -0.270 e. The largest absolute Gasteiger partial charge is 0.270 e. The van der Waals surface area contributed by atoms with Crippen LogP contribution in [0, 0.1) is 0 Å². The number of halogens is 2. The predicted octanol–water partition coefficient (Wildman–Crippen LogP) is 1.75. The monoisotopic (exact) mass is 256 g/mol. The van der Waals surface area contributed by atoms with Gasteiger partial charge in [0.1, 0.15) is 4.74 Å². The van der Waals surface area contributed by atoms with Crippen LogP contribution in [0.1, 0.15) is 0 Å². The van der Waals surface area contributed by atoms with Gasteiger partial charge in [-0.05, 0) is 0 Å². The summed E-state index contributed by atoms with van der Waals surface area (Å²) in [6, 6.07) is 0. The molecule has 0 aromatic rings. The third kappa shape index (κ3) is 11.1. The molecule has 8 heteroatoms. The molecule has 0 bridgehead atoms. The molecule has 3 nitrogen and oxygen atoms in total. The zero-order valence-electron chi connectivity index (χ0n) is 5.66. The van der Waals surface area contributed by atoms with Gasteiger partial charge in [-0.1, -0.05) is 34.3 Å². The van der Waals surface area contributed by atoms with E-state index in [1.54, 1.807) is 0 Å². The Bertz CT molecular complexity index is 256. The SMILES string of the molecule is CS(=O)(=O)OCCP(=S)(Cl)Cl. The second kappa shape index (κ2) is 4.40. The highest BCUT2D eigenvalue weighted by Crippen LogP contribution is 2.56. The standard InChI is InChI=1S/C3H7Cl2O3PS2/c1-11(6,7)8-2-3-9(4,5)10/h2-3H2,1H3. The second-order valence-corrected chi connectivity index (χ2v) is 12.1. The van der Waals surface area contributed by atoms with E-state index in [4.69, 9.17) is 22.5 Å². The third-order valence-electron chi connectivity index (χ3n) is 0.649. The molecule has 0 spiro atoms. The fourth-order valence-corrected chi connectivity index (χ4v) is 1.75. The van der Waals surface area contributed by atoms with E-state index in [-0.39, 0.29) is 12.8 Å². The molecule has 0 aromatic carbocycles. The van der Waals surface area contributed by atoms with Gasteiger partial charge in [-0.2, -0.15) is 8.42 Å². The van der Waals surface area contributed by atoms with Crippen LogP contribution in [0.3, 0.4) is 0 Å². The molecule has 0 aliphatic rings. The highest BCUT2D eigenvalue weighted by molar-refractivity contribution is 8.39. The molecule has 0 rings (SSSR count). The number of hydrogen-bond acceptors (Lipinski definition) is 4. The third-order valence-corrected chi connectivity index (χ3v) is 3.51. The Morgan fingerprint density at radius 1 is 1.55 bits per heavy atom. The highest BCUT2D eigenvalue weighted by Gasteiger charge is 2.10. The average Bonchev–Trinajstić information content (AvgIpc) is 1.55. The number of hydrogen-bond donors (Lipinski definition) is 0. The van der Waals surface area contributed by atoms with Gasteiger partial charge in [0.05, 0.1) is 12.9 Å². The zero-order chi connectivity index (χ0) is 9.12. The first kappa shape index (κ1) is 12.1. The van der Waals surface area contributed by atoms with Crippen LogP contribution >= 0.6 is 27.2 Å². The molecule has 0 heterocycles. The molecular formula is C3H7Cl2O3PS2. The van der Waals surface area contributed by atoms with Crippen molar-refractivity contribution in [2.24, 2.45) is 0 Å². The normalized spacial score (nSPS) is 13.4. The molecule has 0 aromatic heterocycles. The van der Waals surface area contributed by atoms with Gasteiger partial charge in [0.2, 0.25) is 0 Å². The Kier molecular flexibility index (Phi) is 4.85. The first-order valence-electron chi connectivity index (χ1n) is 2.53. The van der Waals surface area contributed by atoms with Crippen LogP contribution in [0.4, 0.5) is 0 Å². The summed E-state index contributed by atoms with van der Waals surface area (Å²) in [7, 11) is -3.39. The van der Waals surface area contributed by atoms with Gasteiger partial charge in [-0.3, -0.25) is 4.18 Å². The van der Waals surface area contributed by atoms with Crippen LogP contribution in [-0.2, 0) is 26.1 Å². The molecule has 0 radical (unpaired) electrons. The summed E-state index contributed by atoms with van der Waals surface area (Å²) in [5, 5.41) is 0. The lowest BCUT2D eigenvalue weighted by Crippen LogP contribution is -2.05. The first-order valence-corrected chi connectivity index (χ1v) is 9.15. The lowest BCUT2D eigenvalue weighted by atomic mass is 10.9. The topological polar surface area (TPSA) is 43.4 Å². The van der Waals surface area contributed by atoms with Crippen LogP contribution in [-0.4, -0.2) is 27.4 Å². The molecular weight excluding hydrogens is 250 g/mol. The van der Waals surface area contributed by atoms with Gasteiger partial charge in [-0.25, -0.2) is 0 Å². The van der Waals surface area contributed by atoms with E-state index in [0.29, 0.717) is 0 Å². The fourth-order valence-electron chi connectivity index (χ4n) is 0.295. The van der Waals surface area contributed by atoms with Crippen molar-refractivity contribution < 1.29 is 12.6 Å². The molecule has 0 amide bonds. The van der Waals surface area contributed by atoms with Crippen LogP contribution in [0.25, 0.3) is 0 Å². The van der Waals surface area contributed by atoms with Gasteiger partial charge in [-0.15, -0.1) is 0 Å². The van der Waals surface area contributed by atoms with Crippen LogP contribution in [0.2, 0.25) is 0 Å². The van der Waals surface area contributed by atoms with Gasteiger partial charge >= 0.3 is 0 Å². The van der Waals surface area contributed by atoms with E-state index < -0.39 is 14.9 Å². The van der Waals surface area contributed by atoms with Gasteiger partial charge in [0, 0.05) is 6.16 Å². The molecule has 0 saturated carbocycles. The minimum atomic E-state index is -3.39. The van der Waals surface area contributed by atoms with Gasteiger partial charge in [0.25, 0.3) is 10.1 Å². The molecule has 11 heavy (non-hydrogen) atoms. The van der Waals surface area contributed by atoms with E-state index in [9.17, 15) is 8.42 Å². The summed E-state index contributed by atoms with van der Waals surface area (Å²) in [4.78, 5) is 0. The molecule has 0 atom stereocenters. The first-order chi connectivity index (χ1) is 4.71. The van der Waals surface area contributed by atoms with Crippen molar-refractivity contribution in [3.05, 3.63) is 0 Å². The van der Waals surface area contributed by atoms with Crippen molar-refractivity contribution in [3.8, 4) is 0 Å². The van der Waals surface area contributed by atoms with Crippen LogP contribution in [0.15, 0.2) is 0 Å². The molecule has 0 aliphatic heterocycles. The Morgan fingerprint density at radius 2 is 2.00 bits per heavy atom. The maximum Gasteiger partial charge on any atom is 0.264 e. The van der Waals surface area contributed by atoms with E-state index in [2.05, 4.69) is 16.0 Å². The molecule has 0 aliphatic carbocycles. The lowest BCUT2D eigenvalue weighted by Gasteiger charge is -2.03. The Morgan fingerprint density at radius 3 is 2.27 bits per heavy atom. The van der Waals surface area contributed by atoms with Crippen molar-refractivity contribution in [3.63, 3.8) is 0 Å². The maximum absolute atomic E-state index is 10.4. The van der Waals surface area contributed by atoms with Crippen molar-refractivity contribution in [2.45, 2.75) is 0 Å². The van der Waals surface area contributed by atoms with Crippen molar-refractivity contribution in [1.29, 1.82) is 0 Å². The number of rotatable bonds is 4. The summed E-state index contributed by atoms with van der Waals surface area (Å²) in [5.74, 6) is 0. The summed E-state index contributed by atoms with van der Waals surface area (Å²) in [6.45, 7) is -0.0386. The van der Waals surface area contributed by atoms with Gasteiger partial charge in [0.15, 0.2) is 0 Å².